The van der Waals surface area contributed by atoms with Crippen molar-refractivity contribution in [1.29, 1.82) is 0 Å². The number of nitrogens with zero attached hydrogens (tertiary/aromatic N) is 3. The highest BCUT2D eigenvalue weighted by molar-refractivity contribution is 5.58. The fourth-order valence-corrected chi connectivity index (χ4v) is 2.60. The van der Waals surface area contributed by atoms with Crippen LogP contribution in [0.25, 0.3) is 0 Å². The lowest BCUT2D eigenvalue weighted by Crippen LogP contribution is -2.17. The standard InChI is InChI=1S/C21H20F3N3O2/c1-3-28-17-11-9-16(10-12-17)27(2)20-25-13-18(21(22,23)24)19(26-20)29-14-15-7-5-4-6-8-15/h4-13H,3,14H2,1-2H3. The van der Waals surface area contributed by atoms with Crippen LogP contribution in [0.2, 0.25) is 0 Å². The van der Waals surface area contributed by atoms with Crippen LogP contribution in [0, 0.1) is 0 Å². The van der Waals surface area contributed by atoms with Crippen LogP contribution < -0.4 is 14.4 Å². The Hall–Kier alpha value is -3.29. The first-order valence-electron chi connectivity index (χ1n) is 8.96. The van der Waals surface area contributed by atoms with Crippen molar-refractivity contribution in [1.82, 2.24) is 9.97 Å². The van der Waals surface area contributed by atoms with Crippen LogP contribution >= 0.6 is 0 Å². The second kappa shape index (κ2) is 8.81. The van der Waals surface area contributed by atoms with Crippen LogP contribution in [-0.4, -0.2) is 23.6 Å². The molecular weight excluding hydrogens is 383 g/mol. The van der Waals surface area contributed by atoms with Gasteiger partial charge in [-0.3, -0.25) is 0 Å². The molecule has 0 fully saturated rings. The SMILES string of the molecule is CCOc1ccc(N(C)c2ncc(C(F)(F)F)c(OCc3ccccc3)n2)cc1. The molecule has 3 aromatic rings. The molecule has 0 radical (unpaired) electrons. The van der Waals surface area contributed by atoms with Gasteiger partial charge in [0.2, 0.25) is 11.8 Å². The number of hydrogen-bond acceptors (Lipinski definition) is 5. The van der Waals surface area contributed by atoms with Crippen molar-refractivity contribution in [2.75, 3.05) is 18.6 Å². The van der Waals surface area contributed by atoms with Gasteiger partial charge in [-0.2, -0.15) is 18.2 Å². The lowest BCUT2D eigenvalue weighted by atomic mass is 10.2. The van der Waals surface area contributed by atoms with Gasteiger partial charge in [0, 0.05) is 18.9 Å². The number of halogens is 3. The first-order valence-corrected chi connectivity index (χ1v) is 8.96. The third-order valence-electron chi connectivity index (χ3n) is 4.10. The molecule has 0 saturated heterocycles. The maximum Gasteiger partial charge on any atom is 0.423 e. The van der Waals surface area contributed by atoms with E-state index in [0.29, 0.717) is 18.0 Å². The number of alkyl halides is 3. The minimum Gasteiger partial charge on any atom is -0.494 e. The maximum absolute atomic E-state index is 13.4. The highest BCUT2D eigenvalue weighted by Crippen LogP contribution is 2.36. The molecule has 0 atom stereocenters. The Morgan fingerprint density at radius 2 is 1.66 bits per heavy atom. The Morgan fingerprint density at radius 3 is 2.28 bits per heavy atom. The molecule has 0 N–H and O–H groups in total. The topological polar surface area (TPSA) is 47.5 Å². The first-order chi connectivity index (χ1) is 13.9. The summed E-state index contributed by atoms with van der Waals surface area (Å²) in [5.41, 5.74) is 0.417. The number of aromatic nitrogens is 2. The predicted octanol–water partition coefficient (Wildman–Crippen LogP) is 5.24. The summed E-state index contributed by atoms with van der Waals surface area (Å²) in [5.74, 6) is 0.277. The number of rotatable bonds is 7. The van der Waals surface area contributed by atoms with E-state index in [-0.39, 0.29) is 12.6 Å². The van der Waals surface area contributed by atoms with E-state index in [1.807, 2.05) is 13.0 Å². The summed E-state index contributed by atoms with van der Waals surface area (Å²) in [4.78, 5) is 9.48. The average molecular weight is 403 g/mol. The molecule has 29 heavy (non-hydrogen) atoms. The van der Waals surface area contributed by atoms with Crippen LogP contribution in [-0.2, 0) is 12.8 Å². The van der Waals surface area contributed by atoms with Crippen molar-refractivity contribution >= 4 is 11.6 Å². The van der Waals surface area contributed by atoms with E-state index in [0.717, 1.165) is 11.8 Å². The van der Waals surface area contributed by atoms with Gasteiger partial charge in [-0.1, -0.05) is 30.3 Å². The van der Waals surface area contributed by atoms with Crippen molar-refractivity contribution in [2.24, 2.45) is 0 Å². The van der Waals surface area contributed by atoms with Gasteiger partial charge in [0.25, 0.3) is 0 Å². The van der Waals surface area contributed by atoms with Crippen LogP contribution in [0.4, 0.5) is 24.8 Å². The maximum atomic E-state index is 13.4. The minimum atomic E-state index is -4.62. The van der Waals surface area contributed by atoms with Gasteiger partial charge in [-0.05, 0) is 36.8 Å². The van der Waals surface area contributed by atoms with Crippen molar-refractivity contribution in [3.63, 3.8) is 0 Å². The predicted molar refractivity (Wildman–Crippen MR) is 103 cm³/mol. The molecule has 0 aliphatic rings. The van der Waals surface area contributed by atoms with Gasteiger partial charge in [-0.15, -0.1) is 0 Å². The smallest absolute Gasteiger partial charge is 0.423 e. The van der Waals surface area contributed by atoms with Crippen LogP contribution in [0.1, 0.15) is 18.1 Å². The van der Waals surface area contributed by atoms with E-state index in [2.05, 4.69) is 9.97 Å². The normalized spacial score (nSPS) is 11.2. The number of hydrogen-bond donors (Lipinski definition) is 0. The Balaban J connectivity index is 1.87. The Bertz CT molecular complexity index is 932. The Labute approximate surface area is 166 Å². The molecule has 2 aromatic carbocycles. The minimum absolute atomic E-state index is 0.0346. The molecule has 0 spiro atoms. The molecule has 0 saturated carbocycles. The molecule has 1 aromatic heterocycles. The lowest BCUT2D eigenvalue weighted by Gasteiger charge is -2.20. The fraction of sp³-hybridized carbons (Fsp3) is 0.238. The van der Waals surface area contributed by atoms with E-state index in [1.165, 1.54) is 0 Å². The zero-order valence-corrected chi connectivity index (χ0v) is 16.0. The van der Waals surface area contributed by atoms with Crippen molar-refractivity contribution in [2.45, 2.75) is 19.7 Å². The van der Waals surface area contributed by atoms with Crippen molar-refractivity contribution in [3.05, 3.63) is 71.9 Å². The molecular formula is C21H20F3N3O2. The summed E-state index contributed by atoms with van der Waals surface area (Å²) in [6.07, 6.45) is -3.88. The molecule has 8 heteroatoms. The third-order valence-corrected chi connectivity index (χ3v) is 4.10. The molecule has 3 rings (SSSR count). The molecule has 1 heterocycles. The second-order valence-corrected chi connectivity index (χ2v) is 6.15. The van der Waals surface area contributed by atoms with E-state index < -0.39 is 17.6 Å². The van der Waals surface area contributed by atoms with Gasteiger partial charge in [0.15, 0.2) is 0 Å². The molecule has 152 valence electrons. The van der Waals surface area contributed by atoms with Gasteiger partial charge >= 0.3 is 6.18 Å². The summed E-state index contributed by atoms with van der Waals surface area (Å²) in [7, 11) is 1.67. The van der Waals surface area contributed by atoms with E-state index >= 15 is 0 Å². The fourth-order valence-electron chi connectivity index (χ4n) is 2.60. The zero-order valence-electron chi connectivity index (χ0n) is 16.0. The monoisotopic (exact) mass is 403 g/mol. The van der Waals surface area contributed by atoms with Gasteiger partial charge in [0.1, 0.15) is 17.9 Å². The summed E-state index contributed by atoms with van der Waals surface area (Å²) in [6, 6.07) is 16.0. The Morgan fingerprint density at radius 1 is 0.966 bits per heavy atom. The molecule has 0 amide bonds. The van der Waals surface area contributed by atoms with Gasteiger partial charge in [0.05, 0.1) is 6.61 Å². The van der Waals surface area contributed by atoms with Gasteiger partial charge in [-0.25, -0.2) is 4.98 Å². The van der Waals surface area contributed by atoms with Crippen LogP contribution in [0.5, 0.6) is 11.6 Å². The highest BCUT2D eigenvalue weighted by atomic mass is 19.4. The number of ether oxygens (including phenoxy) is 2. The average Bonchev–Trinajstić information content (AvgIpc) is 2.72. The van der Waals surface area contributed by atoms with E-state index in [1.54, 1.807) is 60.5 Å². The highest BCUT2D eigenvalue weighted by Gasteiger charge is 2.36. The molecule has 5 nitrogen and oxygen atoms in total. The summed E-state index contributed by atoms with van der Waals surface area (Å²) in [5, 5.41) is 0. The number of anilines is 2. The summed E-state index contributed by atoms with van der Waals surface area (Å²) >= 11 is 0. The molecule has 0 aliphatic heterocycles. The summed E-state index contributed by atoms with van der Waals surface area (Å²) in [6.45, 7) is 2.39. The first kappa shape index (κ1) is 20.4. The molecule has 0 bridgehead atoms. The molecule has 0 aliphatic carbocycles. The van der Waals surface area contributed by atoms with Gasteiger partial charge < -0.3 is 14.4 Å². The van der Waals surface area contributed by atoms with Crippen LogP contribution in [0.3, 0.4) is 0 Å². The lowest BCUT2D eigenvalue weighted by molar-refractivity contribution is -0.139. The third kappa shape index (κ3) is 5.16. The second-order valence-electron chi connectivity index (χ2n) is 6.15. The van der Waals surface area contributed by atoms with E-state index in [4.69, 9.17) is 9.47 Å². The summed E-state index contributed by atoms with van der Waals surface area (Å²) < 4.78 is 50.9. The number of benzene rings is 2. The quantitative estimate of drug-likeness (QED) is 0.540. The van der Waals surface area contributed by atoms with Crippen molar-refractivity contribution in [3.8, 4) is 11.6 Å². The van der Waals surface area contributed by atoms with Crippen LogP contribution in [0.15, 0.2) is 60.8 Å². The zero-order chi connectivity index (χ0) is 20.9. The van der Waals surface area contributed by atoms with E-state index in [9.17, 15) is 13.2 Å². The molecule has 0 unspecified atom stereocenters. The van der Waals surface area contributed by atoms with Crippen molar-refractivity contribution < 1.29 is 22.6 Å². The largest absolute Gasteiger partial charge is 0.494 e. The Kier molecular flexibility index (Phi) is 6.21.